The summed E-state index contributed by atoms with van der Waals surface area (Å²) in [5.41, 5.74) is 7.70. The Hall–Kier alpha value is -3.41. The molecule has 0 fully saturated rings. The Balaban J connectivity index is 1.42. The molecule has 1 aromatic heterocycles. The monoisotopic (exact) mass is 416 g/mol. The smallest absolute Gasteiger partial charge is 0.304 e. The first-order valence-corrected chi connectivity index (χ1v) is 10.6. The summed E-state index contributed by atoms with van der Waals surface area (Å²) in [7, 11) is 0. The maximum absolute atomic E-state index is 11.1. The van der Waals surface area contributed by atoms with Crippen molar-refractivity contribution in [2.24, 2.45) is 0 Å². The van der Waals surface area contributed by atoms with Gasteiger partial charge in [-0.15, -0.1) is 0 Å². The molecule has 0 amide bonds. The fourth-order valence-corrected chi connectivity index (χ4v) is 4.83. The number of fused-ring (bicyclic) bond motifs is 2. The van der Waals surface area contributed by atoms with Crippen LogP contribution in [0.3, 0.4) is 0 Å². The van der Waals surface area contributed by atoms with E-state index in [1.807, 2.05) is 32.0 Å². The Labute approximate surface area is 180 Å². The van der Waals surface area contributed by atoms with E-state index in [4.69, 9.17) is 14.6 Å². The van der Waals surface area contributed by atoms with Gasteiger partial charge in [-0.2, -0.15) is 0 Å². The molecular weight excluding hydrogens is 392 g/mol. The van der Waals surface area contributed by atoms with Crippen LogP contribution >= 0.6 is 0 Å². The highest BCUT2D eigenvalue weighted by molar-refractivity contribution is 5.73. The molecular formula is C25H24N2O4. The van der Waals surface area contributed by atoms with Crippen LogP contribution in [0.25, 0.3) is 11.1 Å². The Bertz CT molecular complexity index is 1150. The van der Waals surface area contributed by atoms with Crippen molar-refractivity contribution in [3.05, 3.63) is 70.8 Å². The quantitative estimate of drug-likeness (QED) is 0.645. The third-order valence-corrected chi connectivity index (χ3v) is 6.28. The highest BCUT2D eigenvalue weighted by Gasteiger charge is 2.30. The van der Waals surface area contributed by atoms with Gasteiger partial charge in [-0.1, -0.05) is 24.3 Å². The molecule has 3 aromatic rings. The first kappa shape index (κ1) is 19.5. The third kappa shape index (κ3) is 3.52. The molecule has 1 aliphatic carbocycles. The fourth-order valence-electron chi connectivity index (χ4n) is 4.83. The normalized spacial score (nSPS) is 18.9. The second kappa shape index (κ2) is 7.69. The molecule has 0 spiro atoms. The SMILES string of the molecule is Cc1ncnc(C)c1-c1cccc2c1CCC2Oc1ccc2c(c1)OCC2CC(=O)O. The number of hydrogen-bond acceptors (Lipinski definition) is 5. The van der Waals surface area contributed by atoms with Gasteiger partial charge < -0.3 is 14.6 Å². The van der Waals surface area contributed by atoms with E-state index in [9.17, 15) is 4.79 Å². The largest absolute Gasteiger partial charge is 0.492 e. The molecule has 2 heterocycles. The third-order valence-electron chi connectivity index (χ3n) is 6.28. The van der Waals surface area contributed by atoms with Gasteiger partial charge in [-0.25, -0.2) is 9.97 Å². The second-order valence-corrected chi connectivity index (χ2v) is 8.24. The van der Waals surface area contributed by atoms with Crippen LogP contribution in [0.1, 0.15) is 52.9 Å². The summed E-state index contributed by atoms with van der Waals surface area (Å²) in [6, 6.07) is 12.1. The number of carbonyl (C=O) groups is 1. The maximum Gasteiger partial charge on any atom is 0.304 e. The van der Waals surface area contributed by atoms with Crippen LogP contribution < -0.4 is 9.47 Å². The summed E-state index contributed by atoms with van der Waals surface area (Å²) in [5, 5.41) is 9.09. The molecule has 31 heavy (non-hydrogen) atoms. The number of carboxylic acids is 1. The first-order valence-electron chi connectivity index (χ1n) is 10.6. The number of hydrogen-bond donors (Lipinski definition) is 1. The van der Waals surface area contributed by atoms with E-state index < -0.39 is 5.97 Å². The van der Waals surface area contributed by atoms with Crippen molar-refractivity contribution >= 4 is 5.97 Å². The Morgan fingerprint density at radius 1 is 1.16 bits per heavy atom. The molecule has 1 N–H and O–H groups in total. The molecule has 0 saturated carbocycles. The molecule has 6 heteroatoms. The summed E-state index contributed by atoms with van der Waals surface area (Å²) >= 11 is 0. The van der Waals surface area contributed by atoms with Gasteiger partial charge in [0.1, 0.15) is 23.9 Å². The van der Waals surface area contributed by atoms with Crippen LogP contribution in [0.15, 0.2) is 42.7 Å². The zero-order chi connectivity index (χ0) is 21.5. The van der Waals surface area contributed by atoms with E-state index in [-0.39, 0.29) is 18.4 Å². The number of aromatic nitrogens is 2. The van der Waals surface area contributed by atoms with E-state index >= 15 is 0 Å². The van der Waals surface area contributed by atoms with Crippen molar-refractivity contribution in [2.45, 2.75) is 45.1 Å². The van der Waals surface area contributed by atoms with Gasteiger partial charge in [-0.05, 0) is 49.4 Å². The molecule has 5 rings (SSSR count). The highest BCUT2D eigenvalue weighted by atomic mass is 16.5. The van der Waals surface area contributed by atoms with Gasteiger partial charge in [0.15, 0.2) is 0 Å². The van der Waals surface area contributed by atoms with Crippen molar-refractivity contribution in [2.75, 3.05) is 6.61 Å². The molecule has 0 radical (unpaired) electrons. The van der Waals surface area contributed by atoms with Crippen LogP contribution in [0.4, 0.5) is 0 Å². The van der Waals surface area contributed by atoms with E-state index in [2.05, 4.69) is 28.2 Å². The number of aryl methyl sites for hydroxylation is 2. The molecule has 1 aliphatic heterocycles. The van der Waals surface area contributed by atoms with Crippen LogP contribution in [0, 0.1) is 13.8 Å². The van der Waals surface area contributed by atoms with Crippen LogP contribution in [-0.4, -0.2) is 27.7 Å². The minimum Gasteiger partial charge on any atom is -0.492 e. The number of benzene rings is 2. The zero-order valence-corrected chi connectivity index (χ0v) is 17.6. The van der Waals surface area contributed by atoms with Crippen molar-refractivity contribution in [3.8, 4) is 22.6 Å². The fraction of sp³-hybridized carbons (Fsp3) is 0.320. The van der Waals surface area contributed by atoms with Crippen molar-refractivity contribution < 1.29 is 19.4 Å². The average molecular weight is 416 g/mol. The highest BCUT2D eigenvalue weighted by Crippen LogP contribution is 2.43. The van der Waals surface area contributed by atoms with Gasteiger partial charge >= 0.3 is 5.97 Å². The summed E-state index contributed by atoms with van der Waals surface area (Å²) in [6.07, 6.45) is 3.49. The summed E-state index contributed by atoms with van der Waals surface area (Å²) in [4.78, 5) is 19.8. The molecule has 0 bridgehead atoms. The number of aliphatic carboxylic acids is 1. The second-order valence-electron chi connectivity index (χ2n) is 8.24. The number of rotatable bonds is 5. The van der Waals surface area contributed by atoms with Crippen LogP contribution in [0.2, 0.25) is 0 Å². The molecule has 6 nitrogen and oxygen atoms in total. The van der Waals surface area contributed by atoms with E-state index in [1.54, 1.807) is 6.33 Å². The number of nitrogens with zero attached hydrogens (tertiary/aromatic N) is 2. The summed E-state index contributed by atoms with van der Waals surface area (Å²) in [6.45, 7) is 4.45. The lowest BCUT2D eigenvalue weighted by Crippen LogP contribution is -2.07. The van der Waals surface area contributed by atoms with Gasteiger partial charge in [0.2, 0.25) is 0 Å². The Morgan fingerprint density at radius 3 is 2.74 bits per heavy atom. The van der Waals surface area contributed by atoms with Crippen LogP contribution in [0.5, 0.6) is 11.5 Å². The standard InChI is InChI=1S/C25H24N2O4/c1-14-25(15(2)27-13-26-14)21-5-3-4-20-19(21)8-9-22(20)31-17-6-7-18-16(10-24(28)29)12-30-23(18)11-17/h3-7,11,13,16,22H,8-10,12H2,1-2H3,(H,28,29). The molecule has 158 valence electrons. The molecule has 2 atom stereocenters. The molecule has 2 aliphatic rings. The predicted octanol–water partition coefficient (Wildman–Crippen LogP) is 4.78. The minimum absolute atomic E-state index is 0.0329. The van der Waals surface area contributed by atoms with Gasteiger partial charge in [-0.3, -0.25) is 4.79 Å². The predicted molar refractivity (Wildman–Crippen MR) is 116 cm³/mol. The van der Waals surface area contributed by atoms with E-state index in [0.29, 0.717) is 6.61 Å². The average Bonchev–Trinajstić information content (AvgIpc) is 3.32. The van der Waals surface area contributed by atoms with Crippen molar-refractivity contribution in [1.82, 2.24) is 9.97 Å². The minimum atomic E-state index is -0.811. The number of carboxylic acid groups (broad SMARTS) is 1. The molecule has 0 saturated heterocycles. The number of ether oxygens (including phenoxy) is 2. The lowest BCUT2D eigenvalue weighted by molar-refractivity contribution is -0.137. The Kier molecular flexibility index (Phi) is 4.85. The van der Waals surface area contributed by atoms with Crippen molar-refractivity contribution in [1.29, 1.82) is 0 Å². The summed E-state index contributed by atoms with van der Waals surface area (Å²) in [5.74, 6) is 0.558. The molecule has 2 unspecified atom stereocenters. The van der Waals surface area contributed by atoms with Crippen molar-refractivity contribution in [3.63, 3.8) is 0 Å². The molecule has 2 aromatic carbocycles. The lowest BCUT2D eigenvalue weighted by Gasteiger charge is -2.17. The summed E-state index contributed by atoms with van der Waals surface area (Å²) < 4.78 is 12.1. The van der Waals surface area contributed by atoms with E-state index in [1.165, 1.54) is 16.7 Å². The van der Waals surface area contributed by atoms with Crippen LogP contribution in [-0.2, 0) is 11.2 Å². The van der Waals surface area contributed by atoms with Gasteiger partial charge in [0.05, 0.1) is 13.0 Å². The first-order chi connectivity index (χ1) is 15.0. The zero-order valence-electron chi connectivity index (χ0n) is 17.6. The lowest BCUT2D eigenvalue weighted by atomic mass is 9.95. The van der Waals surface area contributed by atoms with E-state index in [0.717, 1.165) is 46.9 Å². The topological polar surface area (TPSA) is 81.5 Å². The van der Waals surface area contributed by atoms with Gasteiger partial charge in [0.25, 0.3) is 0 Å². The maximum atomic E-state index is 11.1. The Morgan fingerprint density at radius 2 is 1.97 bits per heavy atom. The van der Waals surface area contributed by atoms with Gasteiger partial charge in [0, 0.05) is 34.5 Å².